The van der Waals surface area contributed by atoms with Gasteiger partial charge in [0.05, 0.1) is 16.1 Å². The molecule has 1 aromatic heterocycles. The van der Waals surface area contributed by atoms with Crippen molar-refractivity contribution >= 4 is 53.1 Å². The number of carbonyl (C=O) groups excluding carboxylic acids is 3. The summed E-state index contributed by atoms with van der Waals surface area (Å²) in [7, 11) is 0. The third-order valence-electron chi connectivity index (χ3n) is 6.00. The number of hydrogen-bond donors (Lipinski definition) is 3. The molecule has 1 fully saturated rings. The Labute approximate surface area is 198 Å². The Morgan fingerprint density at radius 1 is 1.18 bits per heavy atom. The van der Waals surface area contributed by atoms with E-state index in [1.54, 1.807) is 12.1 Å². The summed E-state index contributed by atoms with van der Waals surface area (Å²) < 4.78 is 4.31. The van der Waals surface area contributed by atoms with Crippen LogP contribution in [0.5, 0.6) is 5.75 Å². The molecule has 0 atom stereocenters. The fraction of sp³-hybridized carbons (Fsp3) is 0.208. The van der Waals surface area contributed by atoms with Crippen LogP contribution in [0.3, 0.4) is 0 Å². The first-order valence-electron chi connectivity index (χ1n) is 10.8. The molecule has 5 rings (SSSR count). The van der Waals surface area contributed by atoms with E-state index in [0.29, 0.717) is 26.4 Å². The molecule has 172 valence electrons. The number of nitrogens with zero attached hydrogens (tertiary/aromatic N) is 2. The monoisotopic (exact) mass is 476 g/mol. The van der Waals surface area contributed by atoms with Crippen molar-refractivity contribution in [1.29, 1.82) is 0 Å². The normalized spacial score (nSPS) is 14.6. The molecule has 1 aliphatic carbocycles. The molecular weight excluding hydrogens is 456 g/mol. The molecule has 34 heavy (non-hydrogen) atoms. The third-order valence-corrected chi connectivity index (χ3v) is 6.81. The molecule has 3 N–H and O–H groups in total. The van der Waals surface area contributed by atoms with Gasteiger partial charge >= 0.3 is 0 Å². The zero-order valence-electron chi connectivity index (χ0n) is 17.9. The predicted octanol–water partition coefficient (Wildman–Crippen LogP) is 3.21. The van der Waals surface area contributed by atoms with Gasteiger partial charge in [0.25, 0.3) is 11.5 Å². The van der Waals surface area contributed by atoms with Crippen LogP contribution in [-0.2, 0) is 16.0 Å². The molecule has 3 aromatic rings. The molecule has 0 bridgehead atoms. The number of fused-ring (bicyclic) bond motifs is 2. The summed E-state index contributed by atoms with van der Waals surface area (Å²) in [4.78, 5) is 50.6. The van der Waals surface area contributed by atoms with Crippen LogP contribution in [0.15, 0.2) is 50.5 Å². The van der Waals surface area contributed by atoms with Crippen LogP contribution in [0.4, 0.5) is 5.69 Å². The first-order valence-corrected chi connectivity index (χ1v) is 11.5. The minimum Gasteiger partial charge on any atom is -0.506 e. The summed E-state index contributed by atoms with van der Waals surface area (Å²) in [6.45, 7) is 0. The summed E-state index contributed by atoms with van der Waals surface area (Å²) in [6, 6.07) is 10.2. The second-order valence-electron chi connectivity index (χ2n) is 8.33. The molecule has 0 radical (unpaired) electrons. The Bertz CT molecular complexity index is 1420. The molecule has 2 aromatic carbocycles. The number of aromatic nitrogens is 1. The lowest BCUT2D eigenvalue weighted by Crippen LogP contribution is -2.28. The number of pyridine rings is 1. The smallest absolute Gasteiger partial charge is 0.266 e. The van der Waals surface area contributed by atoms with E-state index in [1.807, 2.05) is 12.1 Å². The lowest BCUT2D eigenvalue weighted by atomic mass is 10.0. The molecule has 1 aliphatic heterocycles. The Morgan fingerprint density at radius 2 is 1.97 bits per heavy atom. The number of amidine groups is 1. The topological polar surface area (TPSA) is 132 Å². The maximum Gasteiger partial charge on any atom is 0.266 e. The van der Waals surface area contributed by atoms with Gasteiger partial charge in [0.1, 0.15) is 11.3 Å². The van der Waals surface area contributed by atoms with E-state index in [-0.39, 0.29) is 35.5 Å². The number of amides is 3. The van der Waals surface area contributed by atoms with E-state index in [2.05, 4.69) is 14.7 Å². The lowest BCUT2D eigenvalue weighted by Gasteiger charge is -2.19. The average Bonchev–Trinajstić information content (AvgIpc) is 3.67. The number of aromatic hydroxyl groups is 1. The maximum atomic E-state index is 12.9. The zero-order chi connectivity index (χ0) is 23.8. The van der Waals surface area contributed by atoms with Crippen LogP contribution in [0.2, 0.25) is 0 Å². The van der Waals surface area contributed by atoms with Crippen LogP contribution in [0.1, 0.15) is 40.7 Å². The number of nitrogens with one attached hydrogen (secondary N) is 2. The van der Waals surface area contributed by atoms with Gasteiger partial charge in [-0.05, 0) is 54.7 Å². The number of rotatable bonds is 7. The standard InChI is InChI=1S/C24H20N4O5S/c29-11-28(12-30)24(33)15-6-8-17-19(10-15)34-27-22(25-17)20-21(31)16-7-5-14(4-3-13-1-2-13)9-18(16)26-23(20)32/h5-13H,1-4H2,(H,25,27)(H2,26,31,32). The Kier molecular flexibility index (Phi) is 5.66. The van der Waals surface area contributed by atoms with Crippen molar-refractivity contribution in [3.05, 3.63) is 63.4 Å². The molecule has 10 heteroatoms. The van der Waals surface area contributed by atoms with Gasteiger partial charge in [-0.2, -0.15) is 4.40 Å². The predicted molar refractivity (Wildman–Crippen MR) is 128 cm³/mol. The molecule has 0 spiro atoms. The number of anilines is 1. The maximum absolute atomic E-state index is 12.9. The first-order chi connectivity index (χ1) is 16.5. The van der Waals surface area contributed by atoms with E-state index in [4.69, 9.17) is 0 Å². The number of H-pyrrole nitrogens is 1. The van der Waals surface area contributed by atoms with Crippen molar-refractivity contribution in [2.45, 2.75) is 30.6 Å². The van der Waals surface area contributed by atoms with E-state index in [9.17, 15) is 24.3 Å². The Hall–Kier alpha value is -3.92. The number of benzene rings is 2. The van der Waals surface area contributed by atoms with Crippen molar-refractivity contribution in [2.24, 2.45) is 10.3 Å². The molecule has 0 unspecified atom stereocenters. The lowest BCUT2D eigenvalue weighted by molar-refractivity contribution is -0.126. The van der Waals surface area contributed by atoms with Gasteiger partial charge < -0.3 is 15.4 Å². The highest BCUT2D eigenvalue weighted by molar-refractivity contribution is 7.98. The largest absolute Gasteiger partial charge is 0.506 e. The number of imide groups is 3. The highest BCUT2D eigenvalue weighted by Gasteiger charge is 2.24. The third kappa shape index (κ3) is 4.08. The minimum atomic E-state index is -0.761. The average molecular weight is 477 g/mol. The highest BCUT2D eigenvalue weighted by atomic mass is 32.2. The summed E-state index contributed by atoms with van der Waals surface area (Å²) in [5.74, 6) is 0.0624. The number of carbonyl (C=O) groups is 3. The number of aryl methyl sites for hydroxylation is 1. The SMILES string of the molecule is O=CN(C=O)C(=O)c1ccc2c(c1)SN=C(c1c(O)c3ccc(CCC4CC4)cc3[nH]c1=O)N2. The quantitative estimate of drug-likeness (QED) is 0.352. The molecule has 0 saturated heterocycles. The molecule has 2 aliphatic rings. The second kappa shape index (κ2) is 8.79. The van der Waals surface area contributed by atoms with Crippen molar-refractivity contribution in [3.63, 3.8) is 0 Å². The molecule has 1 saturated carbocycles. The zero-order valence-corrected chi connectivity index (χ0v) is 18.7. The van der Waals surface area contributed by atoms with E-state index in [1.165, 1.54) is 25.0 Å². The van der Waals surface area contributed by atoms with Gasteiger partial charge in [-0.15, -0.1) is 0 Å². The van der Waals surface area contributed by atoms with E-state index >= 15 is 0 Å². The van der Waals surface area contributed by atoms with Crippen LogP contribution in [-0.4, -0.2) is 39.6 Å². The summed E-state index contributed by atoms with van der Waals surface area (Å²) in [5, 5.41) is 14.5. The van der Waals surface area contributed by atoms with Crippen LogP contribution >= 0.6 is 11.9 Å². The van der Waals surface area contributed by atoms with Gasteiger partial charge in [-0.1, -0.05) is 18.9 Å². The summed E-state index contributed by atoms with van der Waals surface area (Å²) in [6.07, 6.45) is 4.93. The summed E-state index contributed by atoms with van der Waals surface area (Å²) in [5.41, 5.74) is 1.93. The fourth-order valence-corrected chi connectivity index (χ4v) is 4.66. The van der Waals surface area contributed by atoms with Gasteiger partial charge in [-0.25, -0.2) is 4.90 Å². The van der Waals surface area contributed by atoms with Gasteiger partial charge in [0, 0.05) is 22.9 Å². The minimum absolute atomic E-state index is 0.0182. The van der Waals surface area contributed by atoms with Crippen molar-refractivity contribution in [3.8, 4) is 5.75 Å². The molecule has 3 amide bonds. The number of aromatic amines is 1. The molecular formula is C24H20N4O5S. The Balaban J connectivity index is 1.43. The highest BCUT2D eigenvalue weighted by Crippen LogP contribution is 2.36. The van der Waals surface area contributed by atoms with Crippen LogP contribution in [0, 0.1) is 5.92 Å². The molecule has 2 heterocycles. The van der Waals surface area contributed by atoms with Crippen LogP contribution < -0.4 is 10.9 Å². The van der Waals surface area contributed by atoms with Gasteiger partial charge in [0.15, 0.2) is 5.84 Å². The summed E-state index contributed by atoms with van der Waals surface area (Å²) >= 11 is 1.00. The first kappa shape index (κ1) is 21.9. The van der Waals surface area contributed by atoms with E-state index in [0.717, 1.165) is 36.3 Å². The molecule has 9 nitrogen and oxygen atoms in total. The Morgan fingerprint density at radius 3 is 2.71 bits per heavy atom. The van der Waals surface area contributed by atoms with Crippen molar-refractivity contribution in [2.75, 3.05) is 5.32 Å². The number of hydrogen-bond acceptors (Lipinski definition) is 8. The van der Waals surface area contributed by atoms with Crippen LogP contribution in [0.25, 0.3) is 10.9 Å². The van der Waals surface area contributed by atoms with Crippen molar-refractivity contribution in [1.82, 2.24) is 9.88 Å². The fourth-order valence-electron chi connectivity index (χ4n) is 3.94. The van der Waals surface area contributed by atoms with Crippen molar-refractivity contribution < 1.29 is 19.5 Å². The second-order valence-corrected chi connectivity index (χ2v) is 9.14. The van der Waals surface area contributed by atoms with E-state index < -0.39 is 11.5 Å². The van der Waals surface area contributed by atoms with Gasteiger partial charge in [-0.3, -0.25) is 19.2 Å². The van der Waals surface area contributed by atoms with Gasteiger partial charge in [0.2, 0.25) is 12.8 Å².